The molecule has 0 aliphatic carbocycles. The Hall–Kier alpha value is -0.120. The molecule has 0 amide bonds. The van der Waals surface area contributed by atoms with Gasteiger partial charge in [0.2, 0.25) is 0 Å². The first-order valence-corrected chi connectivity index (χ1v) is 6.35. The highest BCUT2D eigenvalue weighted by molar-refractivity contribution is 4.91. The van der Waals surface area contributed by atoms with Crippen LogP contribution >= 0.6 is 0 Å². The van der Waals surface area contributed by atoms with Crippen LogP contribution in [0.5, 0.6) is 0 Å². The van der Waals surface area contributed by atoms with Gasteiger partial charge in [0.15, 0.2) is 0 Å². The Labute approximate surface area is 93.6 Å². The Morgan fingerprint density at radius 3 is 2.27 bits per heavy atom. The Kier molecular flexibility index (Phi) is 3.33. The summed E-state index contributed by atoms with van der Waals surface area (Å²) in [7, 11) is 0. The lowest BCUT2D eigenvalue weighted by Crippen LogP contribution is -2.52. The molecular formula is C12H25N3. The minimum absolute atomic E-state index is 0.554. The minimum Gasteiger partial charge on any atom is -0.301 e. The van der Waals surface area contributed by atoms with Crippen molar-refractivity contribution in [2.75, 3.05) is 26.2 Å². The first-order chi connectivity index (χ1) is 7.11. The molecule has 0 aromatic carbocycles. The van der Waals surface area contributed by atoms with Gasteiger partial charge >= 0.3 is 0 Å². The molecule has 2 fully saturated rings. The maximum Gasteiger partial charge on any atom is 0.0186 e. The number of likely N-dealkylation sites (tertiary alicyclic amines) is 1. The van der Waals surface area contributed by atoms with Gasteiger partial charge in [0.05, 0.1) is 0 Å². The normalized spacial score (nSPS) is 28.8. The highest BCUT2D eigenvalue weighted by atomic mass is 15.4. The summed E-state index contributed by atoms with van der Waals surface area (Å²) in [5.74, 6) is 5.95. The standard InChI is InChI=1S/C12H25N3/c1-11(2)14-8-5-12(6-9-14)4-3-7-15(13)10-12/h11H,3-10,13H2,1-2H3. The van der Waals surface area contributed by atoms with Crippen LogP contribution in [0.15, 0.2) is 0 Å². The van der Waals surface area contributed by atoms with Gasteiger partial charge in [-0.3, -0.25) is 5.84 Å². The van der Waals surface area contributed by atoms with E-state index in [9.17, 15) is 0 Å². The fourth-order valence-electron chi connectivity index (χ4n) is 3.17. The molecular weight excluding hydrogens is 186 g/mol. The minimum atomic E-state index is 0.554. The van der Waals surface area contributed by atoms with E-state index in [-0.39, 0.29) is 0 Å². The van der Waals surface area contributed by atoms with Crippen LogP contribution in [0.4, 0.5) is 0 Å². The zero-order chi connectivity index (χ0) is 10.9. The third-order valence-corrected chi connectivity index (χ3v) is 4.28. The number of hydrazine groups is 1. The van der Waals surface area contributed by atoms with Crippen molar-refractivity contribution >= 4 is 0 Å². The summed E-state index contributed by atoms with van der Waals surface area (Å²) < 4.78 is 0. The summed E-state index contributed by atoms with van der Waals surface area (Å²) in [5, 5.41) is 2.04. The lowest BCUT2D eigenvalue weighted by atomic mass is 9.72. The predicted octanol–water partition coefficient (Wildman–Crippen LogP) is 1.45. The average Bonchev–Trinajstić information content (AvgIpc) is 2.18. The predicted molar refractivity (Wildman–Crippen MR) is 63.4 cm³/mol. The van der Waals surface area contributed by atoms with Crippen molar-refractivity contribution in [3.8, 4) is 0 Å². The van der Waals surface area contributed by atoms with Crippen LogP contribution in [0.3, 0.4) is 0 Å². The van der Waals surface area contributed by atoms with Crippen LogP contribution in [-0.2, 0) is 0 Å². The fraction of sp³-hybridized carbons (Fsp3) is 1.00. The smallest absolute Gasteiger partial charge is 0.0186 e. The van der Waals surface area contributed by atoms with Crippen molar-refractivity contribution in [3.05, 3.63) is 0 Å². The summed E-state index contributed by atoms with van der Waals surface area (Å²) in [6.45, 7) is 9.35. The second kappa shape index (κ2) is 4.40. The van der Waals surface area contributed by atoms with Gasteiger partial charge in [-0.1, -0.05) is 0 Å². The summed E-state index contributed by atoms with van der Waals surface area (Å²) >= 11 is 0. The number of hydrogen-bond donors (Lipinski definition) is 1. The van der Waals surface area contributed by atoms with E-state index in [0.29, 0.717) is 11.5 Å². The second-order valence-electron chi connectivity index (χ2n) is 5.70. The van der Waals surface area contributed by atoms with Gasteiger partial charge < -0.3 is 4.90 Å². The van der Waals surface area contributed by atoms with Crippen LogP contribution in [0.1, 0.15) is 39.5 Å². The zero-order valence-electron chi connectivity index (χ0n) is 10.2. The Morgan fingerprint density at radius 2 is 1.73 bits per heavy atom. The molecule has 2 aliphatic rings. The molecule has 0 atom stereocenters. The summed E-state index contributed by atoms with van der Waals surface area (Å²) in [6, 6.07) is 0.708. The van der Waals surface area contributed by atoms with E-state index in [1.165, 1.54) is 38.8 Å². The van der Waals surface area contributed by atoms with Crippen LogP contribution in [-0.4, -0.2) is 42.1 Å². The number of rotatable bonds is 1. The number of piperidine rings is 2. The van der Waals surface area contributed by atoms with Crippen molar-refractivity contribution in [1.82, 2.24) is 9.91 Å². The molecule has 0 radical (unpaired) electrons. The van der Waals surface area contributed by atoms with Crippen LogP contribution in [0, 0.1) is 5.41 Å². The van der Waals surface area contributed by atoms with E-state index in [2.05, 4.69) is 18.7 Å². The maximum absolute atomic E-state index is 5.95. The van der Waals surface area contributed by atoms with E-state index in [0.717, 1.165) is 13.1 Å². The number of nitrogens with two attached hydrogens (primary N) is 1. The van der Waals surface area contributed by atoms with Crippen molar-refractivity contribution in [3.63, 3.8) is 0 Å². The molecule has 0 aromatic rings. The van der Waals surface area contributed by atoms with Crippen molar-refractivity contribution in [2.45, 2.75) is 45.6 Å². The molecule has 0 saturated carbocycles. The van der Waals surface area contributed by atoms with Crippen LogP contribution < -0.4 is 5.84 Å². The summed E-state index contributed by atoms with van der Waals surface area (Å²) in [4.78, 5) is 2.60. The Morgan fingerprint density at radius 1 is 1.07 bits per heavy atom. The maximum atomic E-state index is 5.95. The van der Waals surface area contributed by atoms with Gasteiger partial charge in [-0.2, -0.15) is 0 Å². The van der Waals surface area contributed by atoms with E-state index in [4.69, 9.17) is 5.84 Å². The van der Waals surface area contributed by atoms with Gasteiger partial charge in [0, 0.05) is 19.1 Å². The van der Waals surface area contributed by atoms with Gasteiger partial charge in [0.1, 0.15) is 0 Å². The van der Waals surface area contributed by atoms with Crippen molar-refractivity contribution in [2.24, 2.45) is 11.3 Å². The van der Waals surface area contributed by atoms with E-state index in [1.807, 2.05) is 5.01 Å². The molecule has 1 spiro atoms. The van der Waals surface area contributed by atoms with Crippen LogP contribution in [0.2, 0.25) is 0 Å². The molecule has 0 bridgehead atoms. The van der Waals surface area contributed by atoms with Gasteiger partial charge in [-0.15, -0.1) is 0 Å². The average molecular weight is 211 g/mol. The van der Waals surface area contributed by atoms with Crippen molar-refractivity contribution < 1.29 is 0 Å². The lowest BCUT2D eigenvalue weighted by molar-refractivity contribution is 0.0151. The third kappa shape index (κ3) is 2.52. The van der Waals surface area contributed by atoms with Crippen LogP contribution in [0.25, 0.3) is 0 Å². The molecule has 2 aliphatic heterocycles. The van der Waals surface area contributed by atoms with Gasteiger partial charge in [-0.05, 0) is 58.0 Å². The monoisotopic (exact) mass is 211 g/mol. The Balaban J connectivity index is 1.90. The number of nitrogens with zero attached hydrogens (tertiary/aromatic N) is 2. The molecule has 2 rings (SSSR count). The first kappa shape index (κ1) is 11.4. The molecule has 3 heteroatoms. The Bertz CT molecular complexity index is 207. The molecule has 2 saturated heterocycles. The molecule has 88 valence electrons. The molecule has 2 N–H and O–H groups in total. The van der Waals surface area contributed by atoms with E-state index < -0.39 is 0 Å². The highest BCUT2D eigenvalue weighted by Gasteiger charge is 2.37. The molecule has 2 heterocycles. The second-order valence-corrected chi connectivity index (χ2v) is 5.70. The van der Waals surface area contributed by atoms with E-state index >= 15 is 0 Å². The third-order valence-electron chi connectivity index (χ3n) is 4.28. The SMILES string of the molecule is CC(C)N1CCC2(CCCN(N)C2)CC1. The zero-order valence-corrected chi connectivity index (χ0v) is 10.2. The van der Waals surface area contributed by atoms with E-state index in [1.54, 1.807) is 0 Å². The quantitative estimate of drug-likeness (QED) is 0.666. The molecule has 15 heavy (non-hydrogen) atoms. The molecule has 3 nitrogen and oxygen atoms in total. The highest BCUT2D eigenvalue weighted by Crippen LogP contribution is 2.39. The topological polar surface area (TPSA) is 32.5 Å². The summed E-state index contributed by atoms with van der Waals surface area (Å²) in [6.07, 6.45) is 5.38. The molecule has 0 aromatic heterocycles. The number of hydrogen-bond acceptors (Lipinski definition) is 3. The van der Waals surface area contributed by atoms with Gasteiger partial charge in [-0.25, -0.2) is 5.01 Å². The molecule has 0 unspecified atom stereocenters. The fourth-order valence-corrected chi connectivity index (χ4v) is 3.17. The first-order valence-electron chi connectivity index (χ1n) is 6.35. The van der Waals surface area contributed by atoms with Gasteiger partial charge in [0.25, 0.3) is 0 Å². The lowest BCUT2D eigenvalue weighted by Gasteiger charge is -2.47. The summed E-state index contributed by atoms with van der Waals surface area (Å²) in [5.41, 5.74) is 0.554. The largest absolute Gasteiger partial charge is 0.301 e. The van der Waals surface area contributed by atoms with Crippen molar-refractivity contribution in [1.29, 1.82) is 0 Å².